The molecule has 2 heterocycles. The van der Waals surface area contributed by atoms with Crippen LogP contribution < -0.4 is 5.32 Å². The molecular weight excluding hydrogens is 419 g/mol. The number of carbonyl (C=O) groups is 1. The Morgan fingerprint density at radius 3 is 2.74 bits per heavy atom. The Labute approximate surface area is 163 Å². The van der Waals surface area contributed by atoms with Crippen molar-refractivity contribution in [3.8, 4) is 0 Å². The van der Waals surface area contributed by atoms with Crippen molar-refractivity contribution in [3.63, 3.8) is 0 Å². The molecule has 0 aliphatic carbocycles. The van der Waals surface area contributed by atoms with Crippen molar-refractivity contribution in [2.24, 2.45) is 0 Å². The molecule has 0 spiro atoms. The summed E-state index contributed by atoms with van der Waals surface area (Å²) in [5, 5.41) is 7.47. The monoisotopic (exact) mass is 430 g/mol. The number of benzene rings is 1. The number of nitrogens with zero attached hydrogens (tertiary/aromatic N) is 3. The summed E-state index contributed by atoms with van der Waals surface area (Å²) in [6, 6.07) is 4.63. The molecule has 0 unspecified atom stereocenters. The van der Waals surface area contributed by atoms with Gasteiger partial charge in [0, 0.05) is 11.2 Å². The van der Waals surface area contributed by atoms with Gasteiger partial charge < -0.3 is 10.1 Å². The normalized spacial score (nSPS) is 11.6. The number of fused-ring (bicyclic) bond motifs is 1. The number of rotatable bonds is 5. The average Bonchev–Trinajstić information content (AvgIpc) is 3.03. The molecule has 3 aromatic rings. The van der Waals surface area contributed by atoms with Crippen LogP contribution in [0.25, 0.3) is 5.65 Å². The van der Waals surface area contributed by atoms with Gasteiger partial charge in [0.25, 0.3) is 10.1 Å². The maximum atomic E-state index is 12.3. The van der Waals surface area contributed by atoms with Gasteiger partial charge in [0.15, 0.2) is 16.4 Å². The van der Waals surface area contributed by atoms with Gasteiger partial charge >= 0.3 is 5.97 Å². The minimum Gasteiger partial charge on any atom is -0.462 e. The Balaban J connectivity index is 2.25. The third-order valence-electron chi connectivity index (χ3n) is 3.45. The molecule has 9 nitrogen and oxygen atoms in total. The fraction of sp³-hybridized carbons (Fsp3) is 0.133. The first-order chi connectivity index (χ1) is 12.7. The number of hydrogen-bond acceptors (Lipinski definition) is 7. The van der Waals surface area contributed by atoms with Crippen LogP contribution in [0.5, 0.6) is 0 Å². The molecule has 0 saturated heterocycles. The van der Waals surface area contributed by atoms with Crippen molar-refractivity contribution in [2.75, 3.05) is 11.9 Å². The van der Waals surface area contributed by atoms with Crippen molar-refractivity contribution in [1.82, 2.24) is 14.6 Å². The lowest BCUT2D eigenvalue weighted by atomic mass is 10.2. The predicted molar refractivity (Wildman–Crippen MR) is 98.5 cm³/mol. The molecular formula is C15H12Cl2N4O5S. The van der Waals surface area contributed by atoms with Gasteiger partial charge in [-0.2, -0.15) is 18.0 Å². The molecule has 2 N–H and O–H groups in total. The molecule has 142 valence electrons. The average molecular weight is 431 g/mol. The molecule has 0 aliphatic heterocycles. The lowest BCUT2D eigenvalue weighted by Crippen LogP contribution is -2.13. The highest BCUT2D eigenvalue weighted by Crippen LogP contribution is 2.31. The number of carbonyl (C=O) groups excluding carboxylic acids is 1. The standard InChI is InChI=1S/C15H12Cl2N4O5S/c1-2-26-15(22)9-6-18-14-12(27(23,24)25)7-19-21(14)13(9)20-11-5-8(16)3-4-10(11)17/h3-7,20H,2H2,1H3,(H,23,24,25). The largest absolute Gasteiger partial charge is 0.462 e. The third kappa shape index (κ3) is 3.83. The van der Waals surface area contributed by atoms with E-state index in [1.807, 2.05) is 0 Å². The summed E-state index contributed by atoms with van der Waals surface area (Å²) in [6.45, 7) is 1.75. The summed E-state index contributed by atoms with van der Waals surface area (Å²) >= 11 is 12.1. The summed E-state index contributed by atoms with van der Waals surface area (Å²) in [7, 11) is -4.57. The summed E-state index contributed by atoms with van der Waals surface area (Å²) in [5.41, 5.74) is 0.127. The van der Waals surface area contributed by atoms with Gasteiger partial charge in [-0.3, -0.25) is 4.55 Å². The van der Waals surface area contributed by atoms with Gasteiger partial charge in [0.2, 0.25) is 0 Å². The SMILES string of the molecule is CCOC(=O)c1cnc2c(S(=O)(=O)O)cnn2c1Nc1cc(Cl)ccc1Cl. The van der Waals surface area contributed by atoms with E-state index >= 15 is 0 Å². The van der Waals surface area contributed by atoms with Crippen LogP contribution in [0.1, 0.15) is 17.3 Å². The lowest BCUT2D eigenvalue weighted by Gasteiger charge is -2.14. The topological polar surface area (TPSA) is 123 Å². The number of halogens is 2. The molecule has 0 atom stereocenters. The maximum Gasteiger partial charge on any atom is 0.343 e. The minimum atomic E-state index is -4.57. The zero-order valence-corrected chi connectivity index (χ0v) is 16.0. The highest BCUT2D eigenvalue weighted by molar-refractivity contribution is 7.86. The van der Waals surface area contributed by atoms with Crippen molar-refractivity contribution in [1.29, 1.82) is 0 Å². The van der Waals surface area contributed by atoms with Gasteiger partial charge in [0.05, 0.1) is 23.5 Å². The van der Waals surface area contributed by atoms with Crippen molar-refractivity contribution >= 4 is 56.4 Å². The Bertz CT molecular complexity index is 1150. The molecule has 0 aliphatic rings. The number of esters is 1. The fourth-order valence-corrected chi connectivity index (χ4v) is 3.18. The lowest BCUT2D eigenvalue weighted by molar-refractivity contribution is 0.0526. The van der Waals surface area contributed by atoms with E-state index in [0.717, 1.165) is 16.9 Å². The second-order valence-electron chi connectivity index (χ2n) is 5.21. The molecule has 0 saturated carbocycles. The Kier molecular flexibility index (Phi) is 5.24. The van der Waals surface area contributed by atoms with Crippen LogP contribution in [0.15, 0.2) is 35.5 Å². The van der Waals surface area contributed by atoms with E-state index in [1.54, 1.807) is 19.1 Å². The number of anilines is 2. The summed E-state index contributed by atoms with van der Waals surface area (Å²) < 4.78 is 38.4. The molecule has 2 aromatic heterocycles. The highest BCUT2D eigenvalue weighted by Gasteiger charge is 2.24. The Morgan fingerprint density at radius 1 is 1.33 bits per heavy atom. The van der Waals surface area contributed by atoms with Crippen LogP contribution in [-0.4, -0.2) is 40.1 Å². The minimum absolute atomic E-state index is 0.0228. The number of hydrogen-bond donors (Lipinski definition) is 2. The summed E-state index contributed by atoms with van der Waals surface area (Å²) in [5.74, 6) is -0.672. The smallest absolute Gasteiger partial charge is 0.343 e. The van der Waals surface area contributed by atoms with E-state index < -0.39 is 21.0 Å². The van der Waals surface area contributed by atoms with E-state index in [4.69, 9.17) is 27.9 Å². The van der Waals surface area contributed by atoms with E-state index in [-0.39, 0.29) is 23.6 Å². The Hall–Kier alpha value is -2.40. The van der Waals surface area contributed by atoms with Gasteiger partial charge in [0.1, 0.15) is 5.56 Å². The first-order valence-electron chi connectivity index (χ1n) is 7.45. The van der Waals surface area contributed by atoms with E-state index in [1.165, 1.54) is 6.07 Å². The first-order valence-corrected chi connectivity index (χ1v) is 9.65. The van der Waals surface area contributed by atoms with Gasteiger partial charge in [-0.05, 0) is 25.1 Å². The highest BCUT2D eigenvalue weighted by atomic mass is 35.5. The van der Waals surface area contributed by atoms with Crippen LogP contribution in [0.4, 0.5) is 11.5 Å². The van der Waals surface area contributed by atoms with Gasteiger partial charge in [-0.25, -0.2) is 9.78 Å². The van der Waals surface area contributed by atoms with E-state index in [2.05, 4.69) is 15.4 Å². The first kappa shape index (κ1) is 19.4. The zero-order valence-electron chi connectivity index (χ0n) is 13.7. The maximum absolute atomic E-state index is 12.3. The quantitative estimate of drug-likeness (QED) is 0.467. The molecule has 1 aromatic carbocycles. The molecule has 12 heteroatoms. The van der Waals surface area contributed by atoms with Crippen molar-refractivity contribution in [3.05, 3.63) is 46.2 Å². The number of nitrogens with one attached hydrogen (secondary N) is 1. The van der Waals surface area contributed by atoms with Crippen LogP contribution >= 0.6 is 23.2 Å². The predicted octanol–water partition coefficient (Wildman–Crippen LogP) is 3.20. The summed E-state index contributed by atoms with van der Waals surface area (Å²) in [4.78, 5) is 15.7. The van der Waals surface area contributed by atoms with Crippen LogP contribution in [-0.2, 0) is 14.9 Å². The molecule has 0 fully saturated rings. The molecule has 27 heavy (non-hydrogen) atoms. The van der Waals surface area contributed by atoms with E-state index in [9.17, 15) is 17.8 Å². The second-order valence-corrected chi connectivity index (χ2v) is 7.44. The number of aromatic nitrogens is 3. The molecule has 3 rings (SSSR count). The third-order valence-corrected chi connectivity index (χ3v) is 4.86. The number of ether oxygens (including phenoxy) is 1. The Morgan fingerprint density at radius 2 is 2.07 bits per heavy atom. The van der Waals surface area contributed by atoms with Crippen LogP contribution in [0.3, 0.4) is 0 Å². The van der Waals surface area contributed by atoms with E-state index in [0.29, 0.717) is 15.7 Å². The van der Waals surface area contributed by atoms with Gasteiger partial charge in [-0.1, -0.05) is 23.2 Å². The van der Waals surface area contributed by atoms with Crippen LogP contribution in [0.2, 0.25) is 10.0 Å². The summed E-state index contributed by atoms with van der Waals surface area (Å²) in [6.07, 6.45) is 2.03. The fourth-order valence-electron chi connectivity index (χ4n) is 2.29. The van der Waals surface area contributed by atoms with Gasteiger partial charge in [-0.15, -0.1) is 0 Å². The van der Waals surface area contributed by atoms with Crippen molar-refractivity contribution in [2.45, 2.75) is 11.8 Å². The van der Waals surface area contributed by atoms with Crippen LogP contribution in [0, 0.1) is 0 Å². The second kappa shape index (κ2) is 7.31. The van der Waals surface area contributed by atoms with Crippen molar-refractivity contribution < 1.29 is 22.5 Å². The molecule has 0 radical (unpaired) electrons. The molecule has 0 amide bonds. The molecule has 0 bridgehead atoms. The zero-order chi connectivity index (χ0) is 19.8.